The Morgan fingerprint density at radius 2 is 1.85 bits per heavy atom. The van der Waals surface area contributed by atoms with Gasteiger partial charge in [-0.05, 0) is 42.8 Å². The maximum Gasteiger partial charge on any atom is 0.338 e. The lowest BCUT2D eigenvalue weighted by atomic mass is 10.2. The van der Waals surface area contributed by atoms with E-state index < -0.39 is 5.97 Å². The summed E-state index contributed by atoms with van der Waals surface area (Å²) in [7, 11) is 1.49. The van der Waals surface area contributed by atoms with E-state index in [4.69, 9.17) is 25.8 Å². The van der Waals surface area contributed by atoms with Crippen LogP contribution in [0.4, 0.5) is 0 Å². The van der Waals surface area contributed by atoms with Gasteiger partial charge in [0, 0.05) is 22.8 Å². The molecule has 0 saturated heterocycles. The van der Waals surface area contributed by atoms with Crippen molar-refractivity contribution >= 4 is 23.2 Å². The Morgan fingerprint density at radius 1 is 1.03 bits per heavy atom. The lowest BCUT2D eigenvalue weighted by molar-refractivity contribution is 0.0467. The standard InChI is InChI=1S/C25H21ClN2O5/c1-16-6-5-11-28-23(29)13-19(27-24(16)28)15-33-25(30)17-9-10-21(22(12-17)31-2)32-14-18-7-3-4-8-20(18)26/h3-13H,14-15H2,1-2H3. The molecule has 33 heavy (non-hydrogen) atoms. The third kappa shape index (κ3) is 4.99. The predicted octanol–water partition coefficient (Wildman–Crippen LogP) is 4.60. The lowest BCUT2D eigenvalue weighted by Gasteiger charge is -2.13. The zero-order valence-corrected chi connectivity index (χ0v) is 18.8. The van der Waals surface area contributed by atoms with Crippen molar-refractivity contribution in [2.75, 3.05) is 7.11 Å². The van der Waals surface area contributed by atoms with Crippen LogP contribution in [-0.4, -0.2) is 22.5 Å². The monoisotopic (exact) mass is 464 g/mol. The molecule has 0 unspecified atom stereocenters. The van der Waals surface area contributed by atoms with E-state index in [-0.39, 0.29) is 24.3 Å². The van der Waals surface area contributed by atoms with Crippen molar-refractivity contribution in [3.05, 3.63) is 105 Å². The fraction of sp³-hybridized carbons (Fsp3) is 0.160. The van der Waals surface area contributed by atoms with Crippen LogP contribution in [0.15, 0.2) is 71.7 Å². The molecule has 0 saturated carbocycles. The quantitative estimate of drug-likeness (QED) is 0.372. The number of aromatic nitrogens is 2. The fourth-order valence-corrected chi connectivity index (χ4v) is 3.48. The highest BCUT2D eigenvalue weighted by atomic mass is 35.5. The number of benzene rings is 2. The van der Waals surface area contributed by atoms with E-state index in [1.165, 1.54) is 23.6 Å². The molecule has 168 valence electrons. The Labute approximate surface area is 195 Å². The summed E-state index contributed by atoms with van der Waals surface area (Å²) in [6, 6.07) is 17.1. The number of nitrogens with zero attached hydrogens (tertiary/aromatic N) is 2. The molecule has 0 atom stereocenters. The van der Waals surface area contributed by atoms with Crippen LogP contribution in [0, 0.1) is 6.92 Å². The van der Waals surface area contributed by atoms with Crippen LogP contribution in [0.1, 0.15) is 27.2 Å². The second kappa shape index (κ2) is 9.75. The van der Waals surface area contributed by atoms with Crippen molar-refractivity contribution < 1.29 is 19.0 Å². The van der Waals surface area contributed by atoms with Gasteiger partial charge in [-0.15, -0.1) is 0 Å². The molecule has 2 aromatic heterocycles. The average molecular weight is 465 g/mol. The number of hydrogen-bond acceptors (Lipinski definition) is 6. The van der Waals surface area contributed by atoms with E-state index in [0.717, 1.165) is 11.1 Å². The molecule has 4 rings (SSSR count). The number of fused-ring (bicyclic) bond motifs is 1. The first-order valence-electron chi connectivity index (χ1n) is 10.2. The Hall–Kier alpha value is -3.84. The fourth-order valence-electron chi connectivity index (χ4n) is 3.29. The zero-order chi connectivity index (χ0) is 23.4. The number of ether oxygens (including phenoxy) is 3. The van der Waals surface area contributed by atoms with Crippen molar-refractivity contribution in [3.63, 3.8) is 0 Å². The van der Waals surface area contributed by atoms with Crippen LogP contribution in [0.25, 0.3) is 5.65 Å². The van der Waals surface area contributed by atoms with Gasteiger partial charge in [0.05, 0.1) is 18.4 Å². The van der Waals surface area contributed by atoms with E-state index in [1.807, 2.05) is 31.2 Å². The maximum atomic E-state index is 12.6. The molecular formula is C25H21ClN2O5. The van der Waals surface area contributed by atoms with Gasteiger partial charge in [0.25, 0.3) is 5.56 Å². The molecule has 0 spiro atoms. The van der Waals surface area contributed by atoms with E-state index >= 15 is 0 Å². The van der Waals surface area contributed by atoms with Crippen LogP contribution in [0.5, 0.6) is 11.5 Å². The number of esters is 1. The van der Waals surface area contributed by atoms with Gasteiger partial charge in [0.15, 0.2) is 11.5 Å². The minimum absolute atomic E-state index is 0.133. The summed E-state index contributed by atoms with van der Waals surface area (Å²) in [5.74, 6) is 0.278. The summed E-state index contributed by atoms with van der Waals surface area (Å²) >= 11 is 6.17. The van der Waals surface area contributed by atoms with Crippen LogP contribution >= 0.6 is 11.6 Å². The highest BCUT2D eigenvalue weighted by molar-refractivity contribution is 6.31. The summed E-state index contributed by atoms with van der Waals surface area (Å²) in [6.07, 6.45) is 1.65. The number of halogens is 1. The van der Waals surface area contributed by atoms with Gasteiger partial charge in [0.1, 0.15) is 18.9 Å². The molecule has 0 fully saturated rings. The molecule has 0 bridgehead atoms. The average Bonchev–Trinajstić information content (AvgIpc) is 2.82. The predicted molar refractivity (Wildman–Crippen MR) is 124 cm³/mol. The first kappa shape index (κ1) is 22.4. The number of aryl methyl sites for hydroxylation is 1. The summed E-state index contributed by atoms with van der Waals surface area (Å²) < 4.78 is 18.0. The molecule has 0 aliphatic rings. The molecule has 4 aromatic rings. The first-order chi connectivity index (χ1) is 16.0. The molecule has 0 radical (unpaired) electrons. The first-order valence-corrected chi connectivity index (χ1v) is 10.5. The Morgan fingerprint density at radius 3 is 2.64 bits per heavy atom. The Balaban J connectivity index is 1.46. The molecule has 2 heterocycles. The summed E-state index contributed by atoms with van der Waals surface area (Å²) in [4.78, 5) is 29.3. The third-order valence-electron chi connectivity index (χ3n) is 5.03. The van der Waals surface area contributed by atoms with E-state index in [2.05, 4.69) is 4.98 Å². The number of carbonyl (C=O) groups is 1. The number of hydrogen-bond donors (Lipinski definition) is 0. The van der Waals surface area contributed by atoms with E-state index in [9.17, 15) is 9.59 Å². The normalized spacial score (nSPS) is 10.8. The third-order valence-corrected chi connectivity index (χ3v) is 5.40. The SMILES string of the molecule is COc1cc(C(=O)OCc2cc(=O)n3cccc(C)c3n2)ccc1OCc1ccccc1Cl. The molecule has 0 aliphatic heterocycles. The summed E-state index contributed by atoms with van der Waals surface area (Å²) in [6.45, 7) is 1.98. The Bertz CT molecular complexity index is 1380. The van der Waals surface area contributed by atoms with E-state index in [0.29, 0.717) is 27.9 Å². The van der Waals surface area contributed by atoms with Gasteiger partial charge in [-0.2, -0.15) is 0 Å². The van der Waals surface area contributed by atoms with Crippen molar-refractivity contribution in [3.8, 4) is 11.5 Å². The van der Waals surface area contributed by atoms with Gasteiger partial charge in [-0.3, -0.25) is 9.20 Å². The summed E-state index contributed by atoms with van der Waals surface area (Å²) in [5.41, 5.74) is 2.62. The van der Waals surface area contributed by atoms with Gasteiger partial charge < -0.3 is 14.2 Å². The topological polar surface area (TPSA) is 79.1 Å². The van der Waals surface area contributed by atoms with Crippen LogP contribution in [0.3, 0.4) is 0 Å². The van der Waals surface area contributed by atoms with Gasteiger partial charge in [-0.1, -0.05) is 35.9 Å². The largest absolute Gasteiger partial charge is 0.493 e. The van der Waals surface area contributed by atoms with Gasteiger partial charge in [-0.25, -0.2) is 9.78 Å². The maximum absolute atomic E-state index is 12.6. The van der Waals surface area contributed by atoms with Gasteiger partial charge >= 0.3 is 5.97 Å². The zero-order valence-electron chi connectivity index (χ0n) is 18.1. The van der Waals surface area contributed by atoms with Crippen LogP contribution < -0.4 is 15.0 Å². The number of methoxy groups -OCH3 is 1. The minimum Gasteiger partial charge on any atom is -0.493 e. The molecule has 0 amide bonds. The molecule has 0 aliphatic carbocycles. The van der Waals surface area contributed by atoms with Crippen LogP contribution in [-0.2, 0) is 18.0 Å². The second-order valence-electron chi connectivity index (χ2n) is 7.29. The number of rotatable bonds is 7. The lowest BCUT2D eigenvalue weighted by Crippen LogP contribution is -2.17. The van der Waals surface area contributed by atoms with Crippen molar-refractivity contribution in [2.24, 2.45) is 0 Å². The molecule has 2 aromatic carbocycles. The van der Waals surface area contributed by atoms with Gasteiger partial charge in [0.2, 0.25) is 0 Å². The Kier molecular flexibility index (Phi) is 6.60. The smallest absolute Gasteiger partial charge is 0.338 e. The molecule has 0 N–H and O–H groups in total. The molecule has 8 heteroatoms. The highest BCUT2D eigenvalue weighted by Gasteiger charge is 2.14. The van der Waals surface area contributed by atoms with Crippen molar-refractivity contribution in [1.29, 1.82) is 0 Å². The minimum atomic E-state index is -0.572. The molecule has 7 nitrogen and oxygen atoms in total. The number of pyridine rings is 1. The summed E-state index contributed by atoms with van der Waals surface area (Å²) in [5, 5.41) is 0.605. The highest BCUT2D eigenvalue weighted by Crippen LogP contribution is 2.30. The van der Waals surface area contributed by atoms with Crippen LogP contribution in [0.2, 0.25) is 5.02 Å². The van der Waals surface area contributed by atoms with Crippen molar-refractivity contribution in [1.82, 2.24) is 9.38 Å². The number of carbonyl (C=O) groups excluding carboxylic acids is 1. The van der Waals surface area contributed by atoms with Crippen molar-refractivity contribution in [2.45, 2.75) is 20.1 Å². The molecular weight excluding hydrogens is 444 g/mol. The van der Waals surface area contributed by atoms with E-state index in [1.54, 1.807) is 30.5 Å². The second-order valence-corrected chi connectivity index (χ2v) is 7.70.